The first-order chi connectivity index (χ1) is 9.17. The van der Waals surface area contributed by atoms with Crippen LogP contribution in [-0.4, -0.2) is 43.3 Å². The Balaban J connectivity index is 2.75. The van der Waals surface area contributed by atoms with Crippen molar-refractivity contribution in [2.75, 3.05) is 43.6 Å². The molecule has 1 N–H and O–H groups in total. The van der Waals surface area contributed by atoms with E-state index in [1.165, 1.54) is 0 Å². The zero-order chi connectivity index (χ0) is 14.1. The van der Waals surface area contributed by atoms with Crippen LogP contribution in [0.25, 0.3) is 0 Å². The van der Waals surface area contributed by atoms with Crippen LogP contribution in [0.4, 0.5) is 11.8 Å². The summed E-state index contributed by atoms with van der Waals surface area (Å²) < 4.78 is 5.17. The maximum absolute atomic E-state index is 5.17. The number of methoxy groups -OCH3 is 1. The molecule has 0 radical (unpaired) electrons. The Kier molecular flexibility index (Phi) is 7.18. The number of rotatable bonds is 9. The van der Waals surface area contributed by atoms with Gasteiger partial charge in [-0.05, 0) is 18.4 Å². The van der Waals surface area contributed by atoms with Gasteiger partial charge in [-0.1, -0.05) is 20.8 Å². The molecule has 0 fully saturated rings. The van der Waals surface area contributed by atoms with Crippen molar-refractivity contribution in [3.63, 3.8) is 0 Å². The molecule has 1 aromatic rings. The Morgan fingerprint density at radius 2 is 2.21 bits per heavy atom. The lowest BCUT2D eigenvalue weighted by Crippen LogP contribution is -2.31. The minimum Gasteiger partial charge on any atom is -0.383 e. The monoisotopic (exact) mass is 266 g/mol. The SMILES string of the molecule is CCCNc1nccc(N(CCOC)CC(C)C)n1. The van der Waals surface area contributed by atoms with Gasteiger partial charge in [-0.25, -0.2) is 4.98 Å². The van der Waals surface area contributed by atoms with E-state index in [1.54, 1.807) is 13.3 Å². The van der Waals surface area contributed by atoms with Crippen molar-refractivity contribution >= 4 is 11.8 Å². The Bertz CT molecular complexity index is 357. The maximum atomic E-state index is 5.17. The number of ether oxygens (including phenoxy) is 1. The predicted molar refractivity (Wildman–Crippen MR) is 79.7 cm³/mol. The van der Waals surface area contributed by atoms with Crippen LogP contribution in [0.1, 0.15) is 27.2 Å². The summed E-state index contributed by atoms with van der Waals surface area (Å²) in [5.74, 6) is 2.24. The van der Waals surface area contributed by atoms with Gasteiger partial charge in [-0.2, -0.15) is 4.98 Å². The van der Waals surface area contributed by atoms with Crippen molar-refractivity contribution in [2.45, 2.75) is 27.2 Å². The zero-order valence-corrected chi connectivity index (χ0v) is 12.5. The zero-order valence-electron chi connectivity index (χ0n) is 12.5. The summed E-state index contributed by atoms with van der Waals surface area (Å²) in [7, 11) is 1.72. The van der Waals surface area contributed by atoms with Gasteiger partial charge in [-0.15, -0.1) is 0 Å². The Hall–Kier alpha value is -1.36. The van der Waals surface area contributed by atoms with Gasteiger partial charge in [0.15, 0.2) is 0 Å². The summed E-state index contributed by atoms with van der Waals surface area (Å²) in [6.45, 7) is 9.95. The molecule has 0 saturated carbocycles. The summed E-state index contributed by atoms with van der Waals surface area (Å²) in [5.41, 5.74) is 0. The van der Waals surface area contributed by atoms with Crippen LogP contribution >= 0.6 is 0 Å². The van der Waals surface area contributed by atoms with E-state index in [9.17, 15) is 0 Å². The van der Waals surface area contributed by atoms with E-state index in [0.29, 0.717) is 18.5 Å². The molecule has 19 heavy (non-hydrogen) atoms. The summed E-state index contributed by atoms with van der Waals surface area (Å²) in [4.78, 5) is 11.0. The number of hydrogen-bond donors (Lipinski definition) is 1. The van der Waals surface area contributed by atoms with Crippen molar-refractivity contribution in [1.82, 2.24) is 9.97 Å². The van der Waals surface area contributed by atoms with Crippen LogP contribution in [-0.2, 0) is 4.74 Å². The van der Waals surface area contributed by atoms with Crippen LogP contribution in [0.5, 0.6) is 0 Å². The molecule has 0 aliphatic rings. The maximum Gasteiger partial charge on any atom is 0.224 e. The average Bonchev–Trinajstić information content (AvgIpc) is 2.41. The first kappa shape index (κ1) is 15.7. The topological polar surface area (TPSA) is 50.3 Å². The molecule has 108 valence electrons. The van der Waals surface area contributed by atoms with E-state index in [4.69, 9.17) is 4.74 Å². The van der Waals surface area contributed by atoms with Crippen LogP contribution in [0.3, 0.4) is 0 Å². The molecule has 1 heterocycles. The highest BCUT2D eigenvalue weighted by atomic mass is 16.5. The van der Waals surface area contributed by atoms with Crippen molar-refractivity contribution < 1.29 is 4.74 Å². The first-order valence-corrected chi connectivity index (χ1v) is 6.98. The summed E-state index contributed by atoms with van der Waals surface area (Å²) >= 11 is 0. The Labute approximate surface area is 116 Å². The molecule has 1 rings (SSSR count). The molecule has 0 atom stereocenters. The van der Waals surface area contributed by atoms with E-state index in [0.717, 1.165) is 31.9 Å². The molecule has 0 bridgehead atoms. The third-order valence-electron chi connectivity index (χ3n) is 2.65. The van der Waals surface area contributed by atoms with E-state index < -0.39 is 0 Å². The predicted octanol–water partition coefficient (Wildman–Crippen LogP) is 2.41. The normalized spacial score (nSPS) is 10.8. The van der Waals surface area contributed by atoms with E-state index >= 15 is 0 Å². The summed E-state index contributed by atoms with van der Waals surface area (Å²) in [6.07, 6.45) is 2.87. The highest BCUT2D eigenvalue weighted by molar-refractivity contribution is 5.42. The van der Waals surface area contributed by atoms with Crippen LogP contribution < -0.4 is 10.2 Å². The molecule has 0 unspecified atom stereocenters. The van der Waals surface area contributed by atoms with Gasteiger partial charge in [0.25, 0.3) is 0 Å². The lowest BCUT2D eigenvalue weighted by Gasteiger charge is -2.25. The molecule has 5 heteroatoms. The van der Waals surface area contributed by atoms with Gasteiger partial charge >= 0.3 is 0 Å². The second kappa shape index (κ2) is 8.69. The molecule has 0 amide bonds. The smallest absolute Gasteiger partial charge is 0.224 e. The fourth-order valence-corrected chi connectivity index (χ4v) is 1.79. The third-order valence-corrected chi connectivity index (χ3v) is 2.65. The number of nitrogens with zero attached hydrogens (tertiary/aromatic N) is 3. The van der Waals surface area contributed by atoms with Gasteiger partial charge < -0.3 is 15.0 Å². The van der Waals surface area contributed by atoms with Crippen LogP contribution in [0.2, 0.25) is 0 Å². The van der Waals surface area contributed by atoms with E-state index in [1.807, 2.05) is 6.07 Å². The molecule has 1 aromatic heterocycles. The van der Waals surface area contributed by atoms with Crippen molar-refractivity contribution in [1.29, 1.82) is 0 Å². The highest BCUT2D eigenvalue weighted by Crippen LogP contribution is 2.14. The van der Waals surface area contributed by atoms with E-state index in [2.05, 4.69) is 41.0 Å². The number of nitrogens with one attached hydrogen (secondary N) is 1. The largest absolute Gasteiger partial charge is 0.383 e. The molecule has 0 saturated heterocycles. The standard InChI is InChI=1S/C14H26N4O/c1-5-7-15-14-16-8-6-13(17-14)18(9-10-19-4)11-12(2)3/h6,8,12H,5,7,9-11H2,1-4H3,(H,15,16,17). The van der Waals surface area contributed by atoms with Gasteiger partial charge in [-0.3, -0.25) is 0 Å². The fraction of sp³-hybridized carbons (Fsp3) is 0.714. The second-order valence-corrected chi connectivity index (χ2v) is 5.00. The Morgan fingerprint density at radius 3 is 2.84 bits per heavy atom. The minimum absolute atomic E-state index is 0.582. The van der Waals surface area contributed by atoms with Gasteiger partial charge in [0, 0.05) is 32.9 Å². The second-order valence-electron chi connectivity index (χ2n) is 5.00. The third kappa shape index (κ3) is 5.87. The summed E-state index contributed by atoms with van der Waals surface area (Å²) in [6, 6.07) is 1.95. The van der Waals surface area contributed by atoms with E-state index in [-0.39, 0.29) is 0 Å². The quantitative estimate of drug-likeness (QED) is 0.744. The molecular weight excluding hydrogens is 240 g/mol. The van der Waals surface area contributed by atoms with Gasteiger partial charge in [0.1, 0.15) is 5.82 Å². The van der Waals surface area contributed by atoms with Gasteiger partial charge in [0.05, 0.1) is 6.61 Å². The van der Waals surface area contributed by atoms with Crippen LogP contribution in [0.15, 0.2) is 12.3 Å². The molecule has 0 aliphatic carbocycles. The minimum atomic E-state index is 0.582. The molecule has 0 aliphatic heterocycles. The highest BCUT2D eigenvalue weighted by Gasteiger charge is 2.10. The van der Waals surface area contributed by atoms with Crippen molar-refractivity contribution in [3.05, 3.63) is 12.3 Å². The number of anilines is 2. The molecule has 0 aromatic carbocycles. The first-order valence-electron chi connectivity index (χ1n) is 6.98. The van der Waals surface area contributed by atoms with Crippen molar-refractivity contribution in [3.8, 4) is 0 Å². The molecular formula is C14H26N4O. The number of hydrogen-bond acceptors (Lipinski definition) is 5. The Morgan fingerprint density at radius 1 is 1.42 bits per heavy atom. The summed E-state index contributed by atoms with van der Waals surface area (Å²) in [5, 5.41) is 3.22. The van der Waals surface area contributed by atoms with Gasteiger partial charge in [0.2, 0.25) is 5.95 Å². The molecule has 5 nitrogen and oxygen atoms in total. The average molecular weight is 266 g/mol. The molecule has 0 spiro atoms. The lowest BCUT2D eigenvalue weighted by atomic mass is 10.2. The lowest BCUT2D eigenvalue weighted by molar-refractivity contribution is 0.204. The van der Waals surface area contributed by atoms with Crippen LogP contribution in [0, 0.1) is 5.92 Å². The number of aromatic nitrogens is 2. The fourth-order valence-electron chi connectivity index (χ4n) is 1.79. The van der Waals surface area contributed by atoms with Crippen molar-refractivity contribution in [2.24, 2.45) is 5.92 Å².